The van der Waals surface area contributed by atoms with Crippen molar-refractivity contribution < 1.29 is 0 Å². The summed E-state index contributed by atoms with van der Waals surface area (Å²) in [7, 11) is 0. The summed E-state index contributed by atoms with van der Waals surface area (Å²) < 4.78 is 1.73. The van der Waals surface area contributed by atoms with E-state index in [4.69, 9.17) is 11.6 Å². The summed E-state index contributed by atoms with van der Waals surface area (Å²) in [5.74, 6) is 5.46. The molecule has 2 aromatic rings. The molecule has 0 spiro atoms. The van der Waals surface area contributed by atoms with E-state index in [0.717, 1.165) is 29.5 Å². The molecule has 0 unspecified atom stereocenters. The van der Waals surface area contributed by atoms with Gasteiger partial charge in [-0.15, -0.1) is 5.73 Å². The molecular formula is C15H16N6. The molecule has 0 saturated heterocycles. The summed E-state index contributed by atoms with van der Waals surface area (Å²) >= 11 is 0. The molecular weight excluding hydrogens is 264 g/mol. The number of hydrogen-bond donors (Lipinski definition) is 2. The van der Waals surface area contributed by atoms with Gasteiger partial charge in [-0.05, 0) is 25.0 Å². The van der Waals surface area contributed by atoms with Crippen molar-refractivity contribution in [2.24, 2.45) is 21.7 Å². The fourth-order valence-corrected chi connectivity index (χ4v) is 2.02. The van der Waals surface area contributed by atoms with Crippen LogP contribution in [0.25, 0.3) is 11.2 Å². The minimum Gasteiger partial charge on any atom is -0.392 e. The number of aromatic nitrogens is 2. The maximum absolute atomic E-state index is 5.84. The molecule has 0 aromatic carbocycles. The molecule has 1 saturated carbocycles. The van der Waals surface area contributed by atoms with E-state index in [0.29, 0.717) is 17.5 Å². The van der Waals surface area contributed by atoms with Gasteiger partial charge in [-0.1, -0.05) is 6.58 Å². The quantitative estimate of drug-likeness (QED) is 0.383. The predicted octanol–water partition coefficient (Wildman–Crippen LogP) is 1.31. The molecule has 2 heterocycles. The lowest BCUT2D eigenvalue weighted by molar-refractivity contribution is 0.958. The van der Waals surface area contributed by atoms with Gasteiger partial charge in [-0.3, -0.25) is 4.99 Å². The first-order chi connectivity index (χ1) is 10.2. The molecule has 1 fully saturated rings. The average molecular weight is 280 g/mol. The SMILES string of the molecule is C=C=C(N)c1cnn2cc(/C(C=NC3CC3)=N/N)ccc12. The van der Waals surface area contributed by atoms with Gasteiger partial charge in [0, 0.05) is 18.0 Å². The van der Waals surface area contributed by atoms with Crippen LogP contribution < -0.4 is 11.6 Å². The molecule has 3 rings (SSSR count). The average Bonchev–Trinajstić information content (AvgIpc) is 3.24. The highest BCUT2D eigenvalue weighted by Crippen LogP contribution is 2.23. The topological polar surface area (TPSA) is 94.1 Å². The van der Waals surface area contributed by atoms with E-state index in [9.17, 15) is 0 Å². The number of aliphatic imine (C=N–C) groups is 1. The fourth-order valence-electron chi connectivity index (χ4n) is 2.02. The number of hydrazone groups is 1. The number of pyridine rings is 1. The van der Waals surface area contributed by atoms with Crippen molar-refractivity contribution in [3.63, 3.8) is 0 Å². The predicted molar refractivity (Wildman–Crippen MR) is 84.2 cm³/mol. The van der Waals surface area contributed by atoms with Crippen LogP contribution in [0.1, 0.15) is 24.0 Å². The van der Waals surface area contributed by atoms with Crippen LogP contribution in [0.5, 0.6) is 0 Å². The summed E-state index contributed by atoms with van der Waals surface area (Å²) in [6.45, 7) is 3.55. The molecule has 0 amide bonds. The molecule has 0 radical (unpaired) electrons. The summed E-state index contributed by atoms with van der Waals surface area (Å²) in [6.07, 6.45) is 7.54. The number of hydrogen-bond acceptors (Lipinski definition) is 5. The van der Waals surface area contributed by atoms with Crippen molar-refractivity contribution in [3.05, 3.63) is 48.0 Å². The van der Waals surface area contributed by atoms with Gasteiger partial charge in [-0.2, -0.15) is 10.2 Å². The Kier molecular flexibility index (Phi) is 3.30. The zero-order chi connectivity index (χ0) is 14.8. The second-order valence-electron chi connectivity index (χ2n) is 4.92. The van der Waals surface area contributed by atoms with Gasteiger partial charge in [0.2, 0.25) is 0 Å². The molecule has 21 heavy (non-hydrogen) atoms. The number of fused-ring (bicyclic) bond motifs is 1. The van der Waals surface area contributed by atoms with Crippen LogP contribution in [0.2, 0.25) is 0 Å². The third-order valence-corrected chi connectivity index (χ3v) is 3.39. The van der Waals surface area contributed by atoms with Gasteiger partial charge < -0.3 is 11.6 Å². The van der Waals surface area contributed by atoms with Crippen LogP contribution in [-0.2, 0) is 0 Å². The normalized spacial score (nSPS) is 15.5. The Hall–Kier alpha value is -2.85. The molecule has 0 atom stereocenters. The molecule has 6 nitrogen and oxygen atoms in total. The molecule has 6 heteroatoms. The summed E-state index contributed by atoms with van der Waals surface area (Å²) in [6, 6.07) is 4.26. The number of rotatable bonds is 4. The zero-order valence-electron chi connectivity index (χ0n) is 11.5. The fraction of sp³-hybridized carbons (Fsp3) is 0.200. The van der Waals surface area contributed by atoms with E-state index in [1.54, 1.807) is 16.9 Å². The minimum absolute atomic E-state index is 0.430. The van der Waals surface area contributed by atoms with Crippen molar-refractivity contribution in [1.29, 1.82) is 0 Å². The van der Waals surface area contributed by atoms with Crippen LogP contribution in [-0.4, -0.2) is 27.6 Å². The lowest BCUT2D eigenvalue weighted by atomic mass is 10.1. The van der Waals surface area contributed by atoms with Crippen molar-refractivity contribution in [2.45, 2.75) is 18.9 Å². The molecule has 1 aliphatic rings. The number of nitrogens with two attached hydrogens (primary N) is 2. The minimum atomic E-state index is 0.430. The first-order valence-corrected chi connectivity index (χ1v) is 6.67. The Bertz CT molecular complexity index is 788. The largest absolute Gasteiger partial charge is 0.392 e. The highest BCUT2D eigenvalue weighted by molar-refractivity contribution is 6.38. The third kappa shape index (κ3) is 2.57. The van der Waals surface area contributed by atoms with E-state index in [-0.39, 0.29) is 0 Å². The van der Waals surface area contributed by atoms with E-state index in [2.05, 4.69) is 27.5 Å². The Labute approximate surface area is 122 Å². The van der Waals surface area contributed by atoms with E-state index in [1.807, 2.05) is 18.3 Å². The third-order valence-electron chi connectivity index (χ3n) is 3.39. The van der Waals surface area contributed by atoms with Crippen molar-refractivity contribution in [2.75, 3.05) is 0 Å². The molecule has 1 aliphatic carbocycles. The Balaban J connectivity index is 1.99. The highest BCUT2D eigenvalue weighted by atomic mass is 15.2. The molecule has 4 N–H and O–H groups in total. The molecule has 0 aliphatic heterocycles. The second-order valence-corrected chi connectivity index (χ2v) is 4.92. The lowest BCUT2D eigenvalue weighted by Gasteiger charge is -2.02. The van der Waals surface area contributed by atoms with Crippen LogP contribution in [0.15, 0.2) is 46.9 Å². The van der Waals surface area contributed by atoms with E-state index >= 15 is 0 Å². The van der Waals surface area contributed by atoms with Crippen LogP contribution in [0.3, 0.4) is 0 Å². The zero-order valence-corrected chi connectivity index (χ0v) is 11.5. The maximum Gasteiger partial charge on any atom is 0.109 e. The highest BCUT2D eigenvalue weighted by Gasteiger charge is 2.19. The van der Waals surface area contributed by atoms with Crippen molar-refractivity contribution in [3.8, 4) is 0 Å². The van der Waals surface area contributed by atoms with Crippen LogP contribution in [0.4, 0.5) is 0 Å². The summed E-state index contributed by atoms with van der Waals surface area (Å²) in [4.78, 5) is 4.40. The van der Waals surface area contributed by atoms with E-state index in [1.165, 1.54) is 0 Å². The van der Waals surface area contributed by atoms with Crippen molar-refractivity contribution >= 4 is 23.1 Å². The van der Waals surface area contributed by atoms with Crippen LogP contribution in [0, 0.1) is 0 Å². The monoisotopic (exact) mass is 280 g/mol. The van der Waals surface area contributed by atoms with Gasteiger partial charge >= 0.3 is 0 Å². The second kappa shape index (κ2) is 5.26. The Morgan fingerprint density at radius 1 is 1.48 bits per heavy atom. The number of nitrogens with zero attached hydrogens (tertiary/aromatic N) is 4. The Morgan fingerprint density at radius 3 is 2.95 bits per heavy atom. The van der Waals surface area contributed by atoms with Gasteiger partial charge in [-0.25, -0.2) is 4.52 Å². The van der Waals surface area contributed by atoms with Crippen LogP contribution >= 0.6 is 0 Å². The van der Waals surface area contributed by atoms with Gasteiger partial charge in [0.15, 0.2) is 0 Å². The van der Waals surface area contributed by atoms with Gasteiger partial charge in [0.05, 0.1) is 29.0 Å². The smallest absolute Gasteiger partial charge is 0.109 e. The van der Waals surface area contributed by atoms with Gasteiger partial charge in [0.1, 0.15) is 5.71 Å². The summed E-state index contributed by atoms with van der Waals surface area (Å²) in [5.41, 5.74) is 12.2. The lowest BCUT2D eigenvalue weighted by Crippen LogP contribution is -2.08. The standard InChI is InChI=1S/C15H16N6/c1-2-13(16)12-7-19-21-9-10(3-6-15(12)21)14(20-17)8-18-11-4-5-11/h3,6-9,11H,1,4-5,16-17H2/b18-8?,20-14+. The molecule has 2 aromatic heterocycles. The molecule has 106 valence electrons. The van der Waals surface area contributed by atoms with E-state index < -0.39 is 0 Å². The first kappa shape index (κ1) is 13.1. The first-order valence-electron chi connectivity index (χ1n) is 6.67. The molecule has 0 bridgehead atoms. The Morgan fingerprint density at radius 2 is 2.29 bits per heavy atom. The summed E-state index contributed by atoms with van der Waals surface area (Å²) in [5, 5.41) is 8.08. The van der Waals surface area contributed by atoms with Crippen molar-refractivity contribution in [1.82, 2.24) is 9.61 Å². The maximum atomic E-state index is 5.84. The van der Waals surface area contributed by atoms with Gasteiger partial charge in [0.25, 0.3) is 0 Å².